The third kappa shape index (κ3) is 3.04. The molecule has 1 aliphatic carbocycles. The predicted molar refractivity (Wildman–Crippen MR) is 93.7 cm³/mol. The molecule has 0 saturated heterocycles. The summed E-state index contributed by atoms with van der Waals surface area (Å²) in [5, 5.41) is 9.48. The molecule has 124 valence electrons. The maximum absolute atomic E-state index is 13.2. The number of benzene rings is 2. The summed E-state index contributed by atoms with van der Waals surface area (Å²) in [6.07, 6.45) is 2.90. The zero-order valence-electron chi connectivity index (χ0n) is 13.4. The van der Waals surface area contributed by atoms with Gasteiger partial charge in [-0.3, -0.25) is 9.59 Å². The molecule has 2 unspecified atom stereocenters. The highest BCUT2D eigenvalue weighted by Crippen LogP contribution is 2.37. The molecule has 1 fully saturated rings. The van der Waals surface area contributed by atoms with Gasteiger partial charge in [-0.1, -0.05) is 55.3 Å². The van der Waals surface area contributed by atoms with E-state index in [4.69, 9.17) is 5.73 Å². The second kappa shape index (κ2) is 6.87. The summed E-state index contributed by atoms with van der Waals surface area (Å²) in [6.45, 7) is 0. The lowest BCUT2D eigenvalue weighted by molar-refractivity contribution is -0.144. The summed E-state index contributed by atoms with van der Waals surface area (Å²) in [7, 11) is 0. The quantitative estimate of drug-likeness (QED) is 0.658. The number of aliphatic carboxylic acids is 1. The van der Waals surface area contributed by atoms with Gasteiger partial charge in [0.15, 0.2) is 5.78 Å². The Bertz CT molecular complexity index is 755. The Labute approximate surface area is 141 Å². The van der Waals surface area contributed by atoms with E-state index in [9.17, 15) is 14.7 Å². The average molecular weight is 323 g/mol. The van der Waals surface area contributed by atoms with Crippen LogP contribution in [-0.4, -0.2) is 16.9 Å². The normalized spacial score (nSPS) is 20.5. The number of nitrogen functional groups attached to an aromatic ring is 1. The van der Waals surface area contributed by atoms with Crippen LogP contribution in [0.25, 0.3) is 11.1 Å². The van der Waals surface area contributed by atoms with Gasteiger partial charge < -0.3 is 10.8 Å². The molecule has 0 aromatic heterocycles. The monoisotopic (exact) mass is 323 g/mol. The molecular weight excluding hydrogens is 302 g/mol. The highest BCUT2D eigenvalue weighted by atomic mass is 16.4. The molecule has 24 heavy (non-hydrogen) atoms. The lowest BCUT2D eigenvalue weighted by atomic mass is 9.74. The van der Waals surface area contributed by atoms with E-state index in [-0.39, 0.29) is 5.78 Å². The summed E-state index contributed by atoms with van der Waals surface area (Å²) in [4.78, 5) is 24.7. The van der Waals surface area contributed by atoms with E-state index in [0.29, 0.717) is 24.1 Å². The summed E-state index contributed by atoms with van der Waals surface area (Å²) in [6, 6.07) is 15.0. The van der Waals surface area contributed by atoms with E-state index < -0.39 is 17.8 Å². The highest BCUT2D eigenvalue weighted by Gasteiger charge is 2.37. The fourth-order valence-electron chi connectivity index (χ4n) is 3.63. The number of rotatable bonds is 4. The van der Waals surface area contributed by atoms with Gasteiger partial charge in [0.2, 0.25) is 0 Å². The van der Waals surface area contributed by atoms with Gasteiger partial charge in [0.05, 0.1) is 5.92 Å². The fourth-order valence-corrected chi connectivity index (χ4v) is 3.63. The van der Waals surface area contributed by atoms with Crippen LogP contribution >= 0.6 is 0 Å². The van der Waals surface area contributed by atoms with Crippen molar-refractivity contribution >= 4 is 17.4 Å². The largest absolute Gasteiger partial charge is 0.481 e. The van der Waals surface area contributed by atoms with Crippen LogP contribution in [0.4, 0.5) is 5.69 Å². The molecule has 3 N–H and O–H groups in total. The number of ketones is 1. The zero-order valence-corrected chi connectivity index (χ0v) is 13.4. The Hall–Kier alpha value is -2.62. The van der Waals surface area contributed by atoms with Crippen molar-refractivity contribution in [3.05, 3.63) is 54.1 Å². The average Bonchev–Trinajstić information content (AvgIpc) is 2.61. The van der Waals surface area contributed by atoms with Crippen LogP contribution in [0.15, 0.2) is 48.5 Å². The summed E-state index contributed by atoms with van der Waals surface area (Å²) in [5.41, 5.74) is 8.68. The van der Waals surface area contributed by atoms with Gasteiger partial charge in [0.1, 0.15) is 0 Å². The molecule has 4 nitrogen and oxygen atoms in total. The third-order valence-corrected chi connectivity index (χ3v) is 4.85. The van der Waals surface area contributed by atoms with Gasteiger partial charge >= 0.3 is 5.97 Å². The molecule has 3 rings (SSSR count). The standard InChI is InChI=1S/C20H21NO3/c21-17-12-6-11-14(13-7-2-1-3-8-13)18(17)19(22)15-9-4-5-10-16(15)20(23)24/h1-3,6-8,11-12,15-16H,4-5,9-10,21H2,(H,23,24). The van der Waals surface area contributed by atoms with Crippen molar-refractivity contribution in [2.75, 3.05) is 5.73 Å². The number of carboxylic acids is 1. The fraction of sp³-hybridized carbons (Fsp3) is 0.300. The molecule has 0 spiro atoms. The molecule has 4 heteroatoms. The van der Waals surface area contributed by atoms with E-state index in [2.05, 4.69) is 0 Å². The minimum atomic E-state index is -0.885. The van der Waals surface area contributed by atoms with E-state index in [1.807, 2.05) is 42.5 Å². The number of hydrogen-bond donors (Lipinski definition) is 2. The first-order chi connectivity index (χ1) is 11.6. The number of hydrogen-bond acceptors (Lipinski definition) is 3. The molecule has 2 aromatic rings. The lowest BCUT2D eigenvalue weighted by Gasteiger charge is -2.28. The maximum Gasteiger partial charge on any atom is 0.307 e. The first-order valence-corrected chi connectivity index (χ1v) is 8.30. The van der Waals surface area contributed by atoms with Gasteiger partial charge in [0.25, 0.3) is 0 Å². The van der Waals surface area contributed by atoms with Crippen molar-refractivity contribution < 1.29 is 14.7 Å². The smallest absolute Gasteiger partial charge is 0.307 e. The van der Waals surface area contributed by atoms with Crippen LogP contribution in [-0.2, 0) is 4.79 Å². The Morgan fingerprint density at radius 2 is 1.58 bits per heavy atom. The van der Waals surface area contributed by atoms with Crippen LogP contribution < -0.4 is 5.73 Å². The first-order valence-electron chi connectivity index (χ1n) is 8.30. The van der Waals surface area contributed by atoms with Crippen LogP contribution in [0.2, 0.25) is 0 Å². The Morgan fingerprint density at radius 3 is 2.25 bits per heavy atom. The van der Waals surface area contributed by atoms with Gasteiger partial charge in [-0.05, 0) is 30.0 Å². The molecule has 0 aliphatic heterocycles. The number of Topliss-reactive ketones (excluding diaryl/α,β-unsaturated/α-hetero) is 1. The minimum Gasteiger partial charge on any atom is -0.481 e. The van der Waals surface area contributed by atoms with Gasteiger partial charge in [-0.25, -0.2) is 0 Å². The van der Waals surface area contributed by atoms with Crippen molar-refractivity contribution in [3.63, 3.8) is 0 Å². The second-order valence-electron chi connectivity index (χ2n) is 6.34. The second-order valence-corrected chi connectivity index (χ2v) is 6.34. The number of carbonyl (C=O) groups is 2. The van der Waals surface area contributed by atoms with Gasteiger partial charge in [-0.2, -0.15) is 0 Å². The van der Waals surface area contributed by atoms with Gasteiger partial charge in [0, 0.05) is 17.2 Å². The zero-order chi connectivity index (χ0) is 17.1. The minimum absolute atomic E-state index is 0.140. The molecule has 0 heterocycles. The van der Waals surface area contributed by atoms with E-state index in [1.54, 1.807) is 6.07 Å². The van der Waals surface area contributed by atoms with Crippen LogP contribution in [0, 0.1) is 11.8 Å². The Kier molecular flexibility index (Phi) is 4.65. The van der Waals surface area contributed by atoms with Crippen molar-refractivity contribution in [3.8, 4) is 11.1 Å². The molecule has 1 saturated carbocycles. The molecule has 0 amide bonds. The summed E-state index contributed by atoms with van der Waals surface area (Å²) >= 11 is 0. The highest BCUT2D eigenvalue weighted by molar-refractivity contribution is 6.09. The van der Waals surface area contributed by atoms with Crippen molar-refractivity contribution in [1.29, 1.82) is 0 Å². The van der Waals surface area contributed by atoms with Crippen molar-refractivity contribution in [2.45, 2.75) is 25.7 Å². The van der Waals surface area contributed by atoms with E-state index in [1.165, 1.54) is 0 Å². The molecule has 2 aromatic carbocycles. The molecule has 2 atom stereocenters. The van der Waals surface area contributed by atoms with Crippen LogP contribution in [0.1, 0.15) is 36.0 Å². The predicted octanol–water partition coefficient (Wildman–Crippen LogP) is 4.01. The number of nitrogens with two attached hydrogens (primary N) is 1. The number of carboxylic acid groups (broad SMARTS) is 1. The number of carbonyl (C=O) groups excluding carboxylic acids is 1. The van der Waals surface area contributed by atoms with Crippen molar-refractivity contribution in [2.24, 2.45) is 11.8 Å². The lowest BCUT2D eigenvalue weighted by Crippen LogP contribution is -2.33. The molecule has 1 aliphatic rings. The van der Waals surface area contributed by atoms with E-state index >= 15 is 0 Å². The summed E-state index contributed by atoms with van der Waals surface area (Å²) < 4.78 is 0. The summed E-state index contributed by atoms with van der Waals surface area (Å²) in [5.74, 6) is -2.14. The SMILES string of the molecule is Nc1cccc(-c2ccccc2)c1C(=O)C1CCCCC1C(=O)O. The van der Waals surface area contributed by atoms with E-state index in [0.717, 1.165) is 24.0 Å². The first kappa shape index (κ1) is 16.2. The van der Waals surface area contributed by atoms with Gasteiger partial charge in [-0.15, -0.1) is 0 Å². The third-order valence-electron chi connectivity index (χ3n) is 4.85. The molecule has 0 radical (unpaired) electrons. The topological polar surface area (TPSA) is 80.4 Å². The van der Waals surface area contributed by atoms with Crippen LogP contribution in [0.5, 0.6) is 0 Å². The van der Waals surface area contributed by atoms with Crippen molar-refractivity contribution in [1.82, 2.24) is 0 Å². The molecular formula is C20H21NO3. The molecule has 0 bridgehead atoms. The number of anilines is 1. The maximum atomic E-state index is 13.2. The Morgan fingerprint density at radius 1 is 0.917 bits per heavy atom. The Balaban J connectivity index is 2.05. The van der Waals surface area contributed by atoms with Crippen LogP contribution in [0.3, 0.4) is 0 Å².